The van der Waals surface area contributed by atoms with Crippen molar-refractivity contribution in [2.45, 2.75) is 81.0 Å². The Hall–Kier alpha value is -6.52. The first-order chi connectivity index (χ1) is 32.3. The number of aromatic nitrogens is 4. The molecular weight excluding hydrogens is 777 g/mol. The van der Waals surface area contributed by atoms with Gasteiger partial charge in [-0.1, -0.05) is 93.9 Å². The van der Waals surface area contributed by atoms with E-state index in [9.17, 15) is 0 Å². The molecule has 1 unspecified atom stereocenters. The van der Waals surface area contributed by atoms with Gasteiger partial charge in [-0.3, -0.25) is 0 Å². The van der Waals surface area contributed by atoms with Crippen molar-refractivity contribution in [3.63, 3.8) is 0 Å². The standard InChI is InChI=1S/C16H20N.2C15H18N.C14H16N/c1-12(2)14-9-10-17(4)16(11-14)15-8-6-5-7-13(15)3;1-4-13-8-9-14(12(2)11-13)15-7-5-6-10-16(15)3;1-4-13-9-10-16(3)15(11-13)14-8-6-5-7-12(14)2;1-11-7-8-13(12(2)10-11)14-6-4-5-9-15(14)3/h5-12H,1-4H3;2*5-11H,4H2,1-3H3;4-10H,1-3H3/q4*+1/i1D3,12D;;;. The maximum Gasteiger partial charge on any atom is 0.212 e. The average Bonchev–Trinajstić information content (AvgIpc) is 3.31. The van der Waals surface area contributed by atoms with Gasteiger partial charge in [0.1, 0.15) is 28.2 Å². The van der Waals surface area contributed by atoms with Crippen LogP contribution in [0.25, 0.3) is 45.0 Å². The lowest BCUT2D eigenvalue weighted by Gasteiger charge is -2.08. The van der Waals surface area contributed by atoms with Gasteiger partial charge in [0.2, 0.25) is 22.8 Å². The van der Waals surface area contributed by atoms with E-state index in [1.54, 1.807) is 6.07 Å². The lowest BCUT2D eigenvalue weighted by atomic mass is 9.99. The Morgan fingerprint density at radius 3 is 1.34 bits per heavy atom. The second kappa shape index (κ2) is 23.2. The minimum Gasteiger partial charge on any atom is -0.201 e. The minimum atomic E-state index is -2.37. The molecule has 0 saturated heterocycles. The smallest absolute Gasteiger partial charge is 0.201 e. The fraction of sp³-hybridized carbons (Fsp3) is 0.267. The molecule has 0 bridgehead atoms. The van der Waals surface area contributed by atoms with Gasteiger partial charge in [0.15, 0.2) is 24.8 Å². The second-order valence-electron chi connectivity index (χ2n) is 16.8. The van der Waals surface area contributed by atoms with Crippen molar-refractivity contribution in [2.24, 2.45) is 28.2 Å². The molecule has 0 spiro atoms. The first-order valence-corrected chi connectivity index (χ1v) is 22.4. The molecule has 0 saturated carbocycles. The van der Waals surface area contributed by atoms with Gasteiger partial charge in [-0.05, 0) is 129 Å². The van der Waals surface area contributed by atoms with Gasteiger partial charge < -0.3 is 0 Å². The summed E-state index contributed by atoms with van der Waals surface area (Å²) in [5, 5.41) is 0. The largest absolute Gasteiger partial charge is 0.212 e. The number of hydrogen-bond donors (Lipinski definition) is 0. The summed E-state index contributed by atoms with van der Waals surface area (Å²) in [4.78, 5) is 0. The second-order valence-corrected chi connectivity index (χ2v) is 16.8. The zero-order valence-corrected chi connectivity index (χ0v) is 40.4. The maximum absolute atomic E-state index is 8.23. The number of rotatable bonds is 7. The van der Waals surface area contributed by atoms with Crippen molar-refractivity contribution >= 4 is 0 Å². The predicted octanol–water partition coefficient (Wildman–Crippen LogP) is 12.5. The molecule has 1 atom stereocenters. The van der Waals surface area contributed by atoms with Crippen LogP contribution in [0.15, 0.2) is 170 Å². The van der Waals surface area contributed by atoms with Gasteiger partial charge in [0.05, 0.1) is 0 Å². The molecule has 4 nitrogen and oxygen atoms in total. The van der Waals surface area contributed by atoms with Crippen LogP contribution in [0.3, 0.4) is 0 Å². The molecule has 0 amide bonds. The predicted molar refractivity (Wildman–Crippen MR) is 269 cm³/mol. The van der Waals surface area contributed by atoms with Crippen LogP contribution in [0, 0.1) is 34.6 Å². The van der Waals surface area contributed by atoms with Gasteiger partial charge >= 0.3 is 0 Å². The van der Waals surface area contributed by atoms with Gasteiger partial charge in [-0.15, -0.1) is 0 Å². The minimum absolute atomic E-state index is 0.499. The molecule has 8 aromatic rings. The Balaban J connectivity index is 0.000000171. The van der Waals surface area contributed by atoms with Crippen LogP contribution in [0.1, 0.15) is 83.5 Å². The highest BCUT2D eigenvalue weighted by Crippen LogP contribution is 2.25. The van der Waals surface area contributed by atoms with E-state index in [2.05, 4.69) is 198 Å². The van der Waals surface area contributed by atoms with Crippen LogP contribution < -0.4 is 18.3 Å². The molecule has 0 aliphatic carbocycles. The molecule has 8 rings (SSSR count). The molecular formula is C60H72N4+4. The van der Waals surface area contributed by atoms with Crippen molar-refractivity contribution in [2.75, 3.05) is 0 Å². The summed E-state index contributed by atoms with van der Waals surface area (Å²) in [6, 6.07) is 50.3. The highest BCUT2D eigenvalue weighted by atomic mass is 14.9. The molecule has 4 heterocycles. The summed E-state index contributed by atoms with van der Waals surface area (Å²) in [6.45, 7) is 14.1. The summed E-state index contributed by atoms with van der Waals surface area (Å²) in [5.41, 5.74) is 19.4. The summed E-state index contributed by atoms with van der Waals surface area (Å²) in [7, 11) is 8.18. The van der Waals surface area contributed by atoms with Gasteiger partial charge in [0, 0.05) is 76.3 Å². The normalized spacial score (nSPS) is 12.6. The number of benzene rings is 4. The summed E-state index contributed by atoms with van der Waals surface area (Å²) >= 11 is 0. The van der Waals surface area contributed by atoms with Crippen molar-refractivity contribution < 1.29 is 23.8 Å². The fourth-order valence-electron chi connectivity index (χ4n) is 7.83. The number of pyridine rings is 4. The lowest BCUT2D eigenvalue weighted by molar-refractivity contribution is -0.660. The number of nitrogens with zero attached hydrogens (tertiary/aromatic N) is 4. The first kappa shape index (κ1) is 42.8. The molecule has 64 heavy (non-hydrogen) atoms. The van der Waals surface area contributed by atoms with Crippen LogP contribution in [-0.2, 0) is 41.0 Å². The fourth-order valence-corrected chi connectivity index (χ4v) is 7.83. The quantitative estimate of drug-likeness (QED) is 0.142. The third kappa shape index (κ3) is 12.8. The Kier molecular flexibility index (Phi) is 15.5. The highest BCUT2D eigenvalue weighted by molar-refractivity contribution is 5.64. The summed E-state index contributed by atoms with van der Waals surface area (Å²) < 4.78 is 39.4. The van der Waals surface area contributed by atoms with E-state index in [1.165, 1.54) is 74.1 Å². The van der Waals surface area contributed by atoms with Crippen molar-refractivity contribution in [3.8, 4) is 45.0 Å². The van der Waals surface area contributed by atoms with Gasteiger partial charge in [-0.25, -0.2) is 18.3 Å². The van der Waals surface area contributed by atoms with Crippen LogP contribution in [0.5, 0.6) is 0 Å². The monoisotopic (exact) mass is 853 g/mol. The summed E-state index contributed by atoms with van der Waals surface area (Å²) in [5.74, 6) is -1.63. The Morgan fingerprint density at radius 2 is 0.859 bits per heavy atom. The Bertz CT molecular complexity index is 2950. The van der Waals surface area contributed by atoms with E-state index in [1.807, 2.05) is 61.1 Å². The SMILES string of the molecule is CCc1cc[n+](C)c(-c2ccccc2C)c1.CCc1ccc(-c2cccc[n+]2C)c(C)c1.Cc1ccc(-c2cccc[n+]2C)c(C)c1.[2H]C([2H])([2H])C([2H])(C)c1cc[n+](C)c(-c2ccccc2C)c1. The van der Waals surface area contributed by atoms with E-state index in [4.69, 9.17) is 5.48 Å². The average molecular weight is 853 g/mol. The molecule has 0 aliphatic heterocycles. The van der Waals surface area contributed by atoms with Crippen LogP contribution in [0.4, 0.5) is 0 Å². The van der Waals surface area contributed by atoms with Crippen LogP contribution >= 0.6 is 0 Å². The van der Waals surface area contributed by atoms with Crippen LogP contribution in [-0.4, -0.2) is 0 Å². The molecule has 328 valence electrons. The van der Waals surface area contributed by atoms with Gasteiger partial charge in [-0.2, -0.15) is 0 Å². The van der Waals surface area contributed by atoms with Crippen molar-refractivity contribution in [3.05, 3.63) is 215 Å². The van der Waals surface area contributed by atoms with E-state index in [0.29, 0.717) is 5.56 Å². The first-order valence-electron chi connectivity index (χ1n) is 24.4. The van der Waals surface area contributed by atoms with E-state index < -0.39 is 12.7 Å². The molecule has 0 N–H and O–H groups in total. The number of hydrogen-bond acceptors (Lipinski definition) is 0. The molecule has 0 fully saturated rings. The lowest BCUT2D eigenvalue weighted by Crippen LogP contribution is -2.30. The van der Waals surface area contributed by atoms with Crippen molar-refractivity contribution in [1.29, 1.82) is 0 Å². The van der Waals surface area contributed by atoms with E-state index >= 15 is 0 Å². The van der Waals surface area contributed by atoms with E-state index in [-0.39, 0.29) is 0 Å². The Labute approximate surface area is 391 Å². The number of aryl methyl sites for hydroxylation is 11. The molecule has 0 aliphatic rings. The molecule has 4 aromatic carbocycles. The van der Waals surface area contributed by atoms with E-state index in [0.717, 1.165) is 29.7 Å². The third-order valence-corrected chi connectivity index (χ3v) is 11.8. The zero-order valence-electron chi connectivity index (χ0n) is 44.4. The maximum atomic E-state index is 8.23. The molecule has 4 aromatic heterocycles. The molecule has 0 radical (unpaired) electrons. The highest BCUT2D eigenvalue weighted by Gasteiger charge is 2.15. The van der Waals surface area contributed by atoms with Gasteiger partial charge in [0.25, 0.3) is 0 Å². The summed E-state index contributed by atoms with van der Waals surface area (Å²) in [6.07, 6.45) is 10.3. The third-order valence-electron chi connectivity index (χ3n) is 11.8. The topological polar surface area (TPSA) is 15.5 Å². The van der Waals surface area contributed by atoms with Crippen molar-refractivity contribution in [1.82, 2.24) is 0 Å². The Morgan fingerprint density at radius 1 is 0.422 bits per heavy atom. The molecule has 4 heteroatoms. The zero-order chi connectivity index (χ0) is 49.8. The van der Waals surface area contributed by atoms with Crippen LogP contribution in [0.2, 0.25) is 0 Å².